The van der Waals surface area contributed by atoms with Crippen molar-refractivity contribution in [2.75, 3.05) is 12.3 Å². The molecule has 1 aliphatic rings. The molecule has 1 amide bonds. The third-order valence-electron chi connectivity index (χ3n) is 4.10. The number of carboxylic acids is 2. The molecule has 29 heavy (non-hydrogen) atoms. The number of carboxylic acid groups (broad SMARTS) is 2. The van der Waals surface area contributed by atoms with E-state index in [1.807, 2.05) is 0 Å². The number of aliphatic carboxylic acids is 2. The van der Waals surface area contributed by atoms with Gasteiger partial charge in [0.2, 0.25) is 5.91 Å². The molecule has 1 rings (SSSR count). The van der Waals surface area contributed by atoms with E-state index in [1.165, 1.54) is 12.8 Å². The predicted octanol–water partition coefficient (Wildman–Crippen LogP) is -4.79. The van der Waals surface area contributed by atoms with Gasteiger partial charge in [-0.1, -0.05) is 12.8 Å². The number of carbonyl (C=O) groups excluding carboxylic acids is 2. The zero-order valence-corrected chi connectivity index (χ0v) is 18.4. The van der Waals surface area contributed by atoms with Crippen molar-refractivity contribution in [1.82, 2.24) is 5.32 Å². The average molecular weight is 526 g/mol. The van der Waals surface area contributed by atoms with Crippen molar-refractivity contribution in [1.29, 1.82) is 0 Å². The Morgan fingerprint density at radius 3 is 2.10 bits per heavy atom. The summed E-state index contributed by atoms with van der Waals surface area (Å²) >= 11 is 4.67. The number of quaternary nitrogens is 1. The van der Waals surface area contributed by atoms with Gasteiger partial charge in [-0.05, 0) is 18.7 Å². The van der Waals surface area contributed by atoms with Crippen LogP contribution in [0.3, 0.4) is 0 Å². The van der Waals surface area contributed by atoms with Crippen LogP contribution in [0.2, 0.25) is 0 Å². The normalized spacial score (nSPS) is 20.9. The Bertz CT molecular complexity index is 544. The summed E-state index contributed by atoms with van der Waals surface area (Å²) in [6.07, 6.45) is 4.59. The molecule has 1 saturated carbocycles. The van der Waals surface area contributed by atoms with Crippen molar-refractivity contribution in [3.8, 4) is 0 Å². The average Bonchev–Trinajstić information content (AvgIpc) is 2.64. The molecule has 170 valence electrons. The number of nitrogens with one attached hydrogen (secondary N) is 1. The summed E-state index contributed by atoms with van der Waals surface area (Å²) in [5.41, 5.74) is 14.6. The van der Waals surface area contributed by atoms with Crippen LogP contribution in [0.5, 0.6) is 0 Å². The van der Waals surface area contributed by atoms with Crippen molar-refractivity contribution in [2.45, 2.75) is 62.7 Å². The Balaban J connectivity index is 0. The predicted molar refractivity (Wildman–Crippen MR) is 99.4 cm³/mol. The molecule has 0 aromatic heterocycles. The maximum absolute atomic E-state index is 11.5. The molecule has 1 aliphatic carbocycles. The van der Waals surface area contributed by atoms with Crippen molar-refractivity contribution < 1.29 is 55.9 Å². The van der Waals surface area contributed by atoms with Crippen LogP contribution in [-0.2, 0) is 47.4 Å². The van der Waals surface area contributed by atoms with Gasteiger partial charge in [-0.3, -0.25) is 14.6 Å². The molecular weight excluding hydrogens is 497 g/mol. The van der Waals surface area contributed by atoms with Gasteiger partial charge in [0, 0.05) is 31.0 Å². The SMILES string of the molecule is N[C@@H]1CCCC[C@H]1N.[NH3+][C@@H](CCC(=O)N[C@@H](C[S-])C([O-])=NCC(=O)O)C(=O)[O-].[Pd+2]. The monoisotopic (exact) mass is 525 g/mol. The van der Waals surface area contributed by atoms with E-state index >= 15 is 0 Å². The first-order chi connectivity index (χ1) is 13.1. The standard InChI is InChI=1S/C10H17N3O6S.C6H14N2.Pd/c11-5(10(18)19)1-2-7(14)13-6(4-20)9(17)12-3-8(15)16;7-5-3-1-2-4-6(5)8;/h5-6,20H,1-4,11H2,(H,12,17)(H,13,14)(H,15,16)(H,18,19);5-6H,1-4,7-8H2;/q;;+2/p-2/t2*5-,6-;/m01./s1. The van der Waals surface area contributed by atoms with E-state index in [0.29, 0.717) is 0 Å². The van der Waals surface area contributed by atoms with E-state index in [4.69, 9.17) is 16.6 Å². The first-order valence-electron chi connectivity index (χ1n) is 8.94. The second kappa shape index (κ2) is 16.6. The first-order valence-corrected chi connectivity index (χ1v) is 9.51. The molecular formula is C16H29N5O6PdS. The van der Waals surface area contributed by atoms with Crippen LogP contribution in [0.1, 0.15) is 38.5 Å². The quantitative estimate of drug-likeness (QED) is 0.0841. The fraction of sp³-hybridized carbons (Fsp3) is 0.750. The van der Waals surface area contributed by atoms with E-state index in [0.717, 1.165) is 12.8 Å². The molecule has 1 fully saturated rings. The van der Waals surface area contributed by atoms with Crippen molar-refractivity contribution in [3.63, 3.8) is 0 Å². The maximum atomic E-state index is 11.5. The van der Waals surface area contributed by atoms with Crippen LogP contribution in [-0.4, -0.2) is 65.3 Å². The third kappa shape index (κ3) is 14.4. The van der Waals surface area contributed by atoms with Gasteiger partial charge in [-0.2, -0.15) is 5.75 Å². The van der Waals surface area contributed by atoms with Crippen molar-refractivity contribution in [3.05, 3.63) is 0 Å². The topological polar surface area (TPSA) is 222 Å². The molecule has 0 bridgehead atoms. The number of nitrogens with zero attached hydrogens (tertiary/aromatic N) is 1. The maximum Gasteiger partial charge on any atom is 2.00 e. The van der Waals surface area contributed by atoms with Crippen molar-refractivity contribution in [2.24, 2.45) is 16.5 Å². The van der Waals surface area contributed by atoms with Gasteiger partial charge in [0.25, 0.3) is 0 Å². The number of carbonyl (C=O) groups is 3. The van der Waals surface area contributed by atoms with Crippen molar-refractivity contribution >= 4 is 36.4 Å². The number of hydrogen-bond donors (Lipinski definition) is 5. The van der Waals surface area contributed by atoms with Crippen LogP contribution in [0.4, 0.5) is 0 Å². The number of nitrogens with two attached hydrogens (primary N) is 2. The van der Waals surface area contributed by atoms with Gasteiger partial charge >= 0.3 is 26.4 Å². The first kappa shape index (κ1) is 30.0. The minimum atomic E-state index is -1.37. The number of aliphatic imine (C=N–C) groups is 1. The molecule has 4 atom stereocenters. The van der Waals surface area contributed by atoms with E-state index in [1.54, 1.807) is 0 Å². The summed E-state index contributed by atoms with van der Waals surface area (Å²) in [6.45, 7) is -0.702. The number of rotatable bonds is 9. The van der Waals surface area contributed by atoms with Gasteiger partial charge in [0.05, 0.1) is 5.97 Å². The summed E-state index contributed by atoms with van der Waals surface area (Å²) in [7, 11) is 0. The van der Waals surface area contributed by atoms with Gasteiger partial charge in [0.1, 0.15) is 12.6 Å². The number of hydrogen-bond acceptors (Lipinski definition) is 9. The summed E-state index contributed by atoms with van der Waals surface area (Å²) in [6, 6.07) is -1.56. The fourth-order valence-electron chi connectivity index (χ4n) is 2.31. The molecule has 0 aliphatic heterocycles. The van der Waals surface area contributed by atoms with E-state index < -0.39 is 42.4 Å². The molecule has 0 saturated heterocycles. The molecule has 13 heteroatoms. The Labute approximate surface area is 188 Å². The van der Waals surface area contributed by atoms with Crippen LogP contribution in [0, 0.1) is 0 Å². The summed E-state index contributed by atoms with van der Waals surface area (Å²) < 4.78 is 0. The molecule has 0 aromatic rings. The minimum absolute atomic E-state index is 0. The Morgan fingerprint density at radius 2 is 1.72 bits per heavy atom. The minimum Gasteiger partial charge on any atom is -0.861 e. The molecule has 0 radical (unpaired) electrons. The molecule has 0 heterocycles. The van der Waals surface area contributed by atoms with Crippen LogP contribution < -0.4 is 32.7 Å². The second-order valence-corrected chi connectivity index (χ2v) is 6.84. The van der Waals surface area contributed by atoms with Gasteiger partial charge in [-0.25, -0.2) is 0 Å². The summed E-state index contributed by atoms with van der Waals surface area (Å²) in [4.78, 5) is 35.4. The zero-order valence-electron chi connectivity index (χ0n) is 16.0. The van der Waals surface area contributed by atoms with Crippen LogP contribution >= 0.6 is 0 Å². The van der Waals surface area contributed by atoms with Gasteiger partial charge < -0.3 is 55.3 Å². The van der Waals surface area contributed by atoms with Crippen LogP contribution in [0.15, 0.2) is 4.99 Å². The van der Waals surface area contributed by atoms with E-state index in [-0.39, 0.29) is 51.1 Å². The molecule has 9 N–H and O–H groups in total. The molecule has 0 aromatic carbocycles. The Morgan fingerprint density at radius 1 is 1.21 bits per heavy atom. The van der Waals surface area contributed by atoms with E-state index in [2.05, 4.69) is 28.7 Å². The fourth-order valence-corrected chi connectivity index (χ4v) is 2.53. The number of amides is 1. The molecule has 0 spiro atoms. The summed E-state index contributed by atoms with van der Waals surface area (Å²) in [5, 5.41) is 32.5. The Hall–Kier alpha value is -1.23. The molecule has 0 unspecified atom stereocenters. The second-order valence-electron chi connectivity index (χ2n) is 6.50. The van der Waals surface area contributed by atoms with Gasteiger partial charge in [0.15, 0.2) is 0 Å². The molecule has 11 nitrogen and oxygen atoms in total. The Kier molecular flexibility index (Phi) is 17.1. The van der Waals surface area contributed by atoms with Crippen LogP contribution in [0.25, 0.3) is 0 Å². The smallest absolute Gasteiger partial charge is 0.861 e. The zero-order chi connectivity index (χ0) is 21.7. The van der Waals surface area contributed by atoms with Gasteiger partial charge in [-0.15, -0.1) is 0 Å². The third-order valence-corrected chi connectivity index (χ3v) is 4.43. The summed E-state index contributed by atoms with van der Waals surface area (Å²) in [5.74, 6) is -4.23. The van der Waals surface area contributed by atoms with E-state index in [9.17, 15) is 24.6 Å². The largest absolute Gasteiger partial charge is 2.00 e.